The fraction of sp³-hybridized carbons (Fsp3) is 0.750. The molecule has 0 heterocycles. The van der Waals surface area contributed by atoms with Crippen molar-refractivity contribution in [2.24, 2.45) is 0 Å². The van der Waals surface area contributed by atoms with E-state index in [4.69, 9.17) is 10.2 Å². The molecule has 0 aromatic carbocycles. The van der Waals surface area contributed by atoms with Gasteiger partial charge in [0.05, 0.1) is 6.61 Å². The Morgan fingerprint density at radius 1 is 1.55 bits per heavy atom. The zero-order chi connectivity index (χ0) is 8.53. The second kappa shape index (κ2) is 7.72. The van der Waals surface area contributed by atoms with Gasteiger partial charge in [0, 0.05) is 0 Å². The van der Waals surface area contributed by atoms with E-state index in [1.807, 2.05) is 0 Å². The molecule has 0 aliphatic heterocycles. The topological polar surface area (TPSA) is 52.5 Å². The molecule has 0 aliphatic rings. The van der Waals surface area contributed by atoms with Gasteiger partial charge in [-0.25, -0.2) is 0 Å². The third-order valence-electron chi connectivity index (χ3n) is 1.31. The van der Waals surface area contributed by atoms with Crippen LogP contribution in [0.4, 0.5) is 0 Å². The first-order chi connectivity index (χ1) is 5.31. The van der Waals surface area contributed by atoms with E-state index in [9.17, 15) is 0 Å². The molecule has 0 spiro atoms. The molecule has 0 rings (SSSR count). The van der Waals surface area contributed by atoms with Crippen molar-refractivity contribution in [3.05, 3.63) is 12.2 Å². The first-order valence-corrected chi connectivity index (χ1v) is 4.00. The molecule has 3 heteroatoms. The van der Waals surface area contributed by atoms with Gasteiger partial charge in [0.1, 0.15) is 6.23 Å². The highest BCUT2D eigenvalue weighted by Crippen LogP contribution is 1.85. The van der Waals surface area contributed by atoms with Crippen LogP contribution in [0.15, 0.2) is 12.2 Å². The van der Waals surface area contributed by atoms with Crippen LogP contribution in [-0.4, -0.2) is 29.6 Å². The molecule has 0 aromatic heterocycles. The average molecular weight is 159 g/mol. The summed E-state index contributed by atoms with van der Waals surface area (Å²) < 4.78 is 0. The van der Waals surface area contributed by atoms with Crippen LogP contribution < -0.4 is 5.32 Å². The van der Waals surface area contributed by atoms with Crippen LogP contribution in [0.5, 0.6) is 0 Å². The molecular weight excluding hydrogens is 142 g/mol. The Balaban J connectivity index is 3.21. The second-order valence-corrected chi connectivity index (χ2v) is 2.36. The van der Waals surface area contributed by atoms with Gasteiger partial charge in [0.15, 0.2) is 0 Å². The lowest BCUT2D eigenvalue weighted by Gasteiger charge is -2.06. The van der Waals surface area contributed by atoms with Crippen molar-refractivity contribution in [1.82, 2.24) is 5.32 Å². The summed E-state index contributed by atoms with van der Waals surface area (Å²) in [5.74, 6) is 0. The first kappa shape index (κ1) is 10.6. The largest absolute Gasteiger partial charge is 0.392 e. The zero-order valence-electron chi connectivity index (χ0n) is 6.95. The van der Waals surface area contributed by atoms with Gasteiger partial charge in [0.2, 0.25) is 0 Å². The lowest BCUT2D eigenvalue weighted by atomic mass is 10.3. The van der Waals surface area contributed by atoms with E-state index >= 15 is 0 Å². The van der Waals surface area contributed by atoms with E-state index in [1.165, 1.54) is 12.2 Å². The Morgan fingerprint density at radius 3 is 2.82 bits per heavy atom. The maximum atomic E-state index is 9.10. The van der Waals surface area contributed by atoms with Gasteiger partial charge in [-0.05, 0) is 19.0 Å². The molecular formula is C8H17NO2. The number of nitrogens with one attached hydrogen (secondary N) is 1. The number of hydrogen-bond donors (Lipinski definition) is 3. The van der Waals surface area contributed by atoms with E-state index in [-0.39, 0.29) is 6.61 Å². The lowest BCUT2D eigenvalue weighted by Crippen LogP contribution is -2.27. The minimum Gasteiger partial charge on any atom is -0.392 e. The van der Waals surface area contributed by atoms with Crippen molar-refractivity contribution in [3.8, 4) is 0 Å². The van der Waals surface area contributed by atoms with Crippen LogP contribution in [-0.2, 0) is 0 Å². The van der Waals surface area contributed by atoms with Crippen LogP contribution in [0.3, 0.4) is 0 Å². The van der Waals surface area contributed by atoms with Crippen molar-refractivity contribution < 1.29 is 10.2 Å². The van der Waals surface area contributed by atoms with Crippen LogP contribution in [0.25, 0.3) is 0 Å². The average Bonchev–Trinajstić information content (AvgIpc) is 2.01. The molecule has 66 valence electrons. The van der Waals surface area contributed by atoms with Crippen LogP contribution in [0.2, 0.25) is 0 Å². The van der Waals surface area contributed by atoms with Crippen molar-refractivity contribution in [2.45, 2.75) is 26.0 Å². The molecule has 1 atom stereocenters. The summed E-state index contributed by atoms with van der Waals surface area (Å²) in [6, 6.07) is 0. The second-order valence-electron chi connectivity index (χ2n) is 2.36. The van der Waals surface area contributed by atoms with Gasteiger partial charge >= 0.3 is 0 Å². The molecule has 3 N–H and O–H groups in total. The molecule has 0 bridgehead atoms. The zero-order valence-corrected chi connectivity index (χ0v) is 6.95. The van der Waals surface area contributed by atoms with E-state index in [2.05, 4.69) is 12.2 Å². The monoisotopic (exact) mass is 159 g/mol. The fourth-order valence-corrected chi connectivity index (χ4v) is 0.685. The van der Waals surface area contributed by atoms with Crippen molar-refractivity contribution in [2.75, 3.05) is 13.2 Å². The summed E-state index contributed by atoms with van der Waals surface area (Å²) in [5, 5.41) is 20.3. The van der Waals surface area contributed by atoms with Gasteiger partial charge in [-0.15, -0.1) is 0 Å². The Morgan fingerprint density at radius 2 is 2.27 bits per heavy atom. The fourth-order valence-electron chi connectivity index (χ4n) is 0.685. The third-order valence-corrected chi connectivity index (χ3v) is 1.31. The summed E-state index contributed by atoms with van der Waals surface area (Å²) in [4.78, 5) is 0. The van der Waals surface area contributed by atoms with Crippen molar-refractivity contribution in [1.29, 1.82) is 0 Å². The third kappa shape index (κ3) is 7.52. The molecule has 3 nitrogen and oxygen atoms in total. The Hall–Kier alpha value is -0.380. The molecule has 11 heavy (non-hydrogen) atoms. The van der Waals surface area contributed by atoms with Crippen LogP contribution >= 0.6 is 0 Å². The van der Waals surface area contributed by atoms with E-state index in [0.29, 0.717) is 0 Å². The van der Waals surface area contributed by atoms with E-state index in [1.54, 1.807) is 0 Å². The summed E-state index contributed by atoms with van der Waals surface area (Å²) >= 11 is 0. The SMILES string of the molecule is CCCCN[C@H](O)/C=C/CO. The molecule has 0 fully saturated rings. The predicted octanol–water partition coefficient (Wildman–Crippen LogP) is 0.243. The van der Waals surface area contributed by atoms with E-state index in [0.717, 1.165) is 19.4 Å². The van der Waals surface area contributed by atoms with Gasteiger partial charge < -0.3 is 10.2 Å². The number of hydrogen-bond acceptors (Lipinski definition) is 3. The molecule has 0 amide bonds. The lowest BCUT2D eigenvalue weighted by molar-refractivity contribution is 0.183. The van der Waals surface area contributed by atoms with Crippen molar-refractivity contribution in [3.63, 3.8) is 0 Å². The first-order valence-electron chi connectivity index (χ1n) is 4.00. The molecule has 0 aliphatic carbocycles. The number of rotatable bonds is 6. The maximum absolute atomic E-state index is 9.10. The van der Waals surface area contributed by atoms with Gasteiger partial charge in [-0.2, -0.15) is 0 Å². The predicted molar refractivity (Wildman–Crippen MR) is 45.1 cm³/mol. The minimum atomic E-state index is -0.617. The van der Waals surface area contributed by atoms with Crippen LogP contribution in [0, 0.1) is 0 Å². The van der Waals surface area contributed by atoms with Gasteiger partial charge in [0.25, 0.3) is 0 Å². The normalized spacial score (nSPS) is 14.1. The Kier molecular flexibility index (Phi) is 7.46. The summed E-state index contributed by atoms with van der Waals surface area (Å²) in [7, 11) is 0. The highest BCUT2D eigenvalue weighted by atomic mass is 16.3. The highest BCUT2D eigenvalue weighted by Gasteiger charge is 1.93. The number of aliphatic hydroxyl groups excluding tert-OH is 2. The molecule has 0 unspecified atom stereocenters. The summed E-state index contributed by atoms with van der Waals surface area (Å²) in [6.07, 6.45) is 4.61. The maximum Gasteiger partial charge on any atom is 0.124 e. The molecule has 0 radical (unpaired) electrons. The molecule has 0 aromatic rings. The standard InChI is InChI=1S/C8H17NO2/c1-2-3-6-9-8(11)5-4-7-10/h4-5,8-11H,2-3,6-7H2,1H3/b5-4+/t8-/m1/s1. The van der Waals surface area contributed by atoms with Gasteiger partial charge in [-0.3, -0.25) is 5.32 Å². The smallest absolute Gasteiger partial charge is 0.124 e. The highest BCUT2D eigenvalue weighted by molar-refractivity contribution is 4.86. The van der Waals surface area contributed by atoms with E-state index < -0.39 is 6.23 Å². The number of aliphatic hydroxyl groups is 2. The van der Waals surface area contributed by atoms with Crippen LogP contribution in [0.1, 0.15) is 19.8 Å². The number of unbranched alkanes of at least 4 members (excludes halogenated alkanes) is 1. The minimum absolute atomic E-state index is 0.0213. The Labute approximate surface area is 67.7 Å². The molecule has 0 saturated carbocycles. The Bertz CT molecular complexity index is 104. The van der Waals surface area contributed by atoms with Crippen molar-refractivity contribution >= 4 is 0 Å². The summed E-state index contributed by atoms with van der Waals surface area (Å²) in [5.41, 5.74) is 0. The summed E-state index contributed by atoms with van der Waals surface area (Å²) in [6.45, 7) is 2.89. The quantitative estimate of drug-likeness (QED) is 0.296. The van der Waals surface area contributed by atoms with Gasteiger partial charge in [-0.1, -0.05) is 19.4 Å². The molecule has 0 saturated heterocycles.